The van der Waals surface area contributed by atoms with Gasteiger partial charge in [-0.1, -0.05) is 41.8 Å². The Bertz CT molecular complexity index is 705. The Balaban J connectivity index is 2.35. The maximum atomic E-state index is 11.9. The summed E-state index contributed by atoms with van der Waals surface area (Å²) in [5.74, 6) is -1.31. The molecule has 0 bridgehead atoms. The molecule has 1 aromatic rings. The minimum absolute atomic E-state index is 0.0247. The van der Waals surface area contributed by atoms with Crippen molar-refractivity contribution in [3.05, 3.63) is 28.2 Å². The lowest BCUT2D eigenvalue weighted by Gasteiger charge is -2.10. The van der Waals surface area contributed by atoms with Gasteiger partial charge >= 0.3 is 0 Å². The van der Waals surface area contributed by atoms with E-state index < -0.39 is 21.5 Å². The quantitative estimate of drug-likeness (QED) is 0.555. The fraction of sp³-hybridized carbons (Fsp3) is 0.529. The summed E-state index contributed by atoms with van der Waals surface area (Å²) in [5.41, 5.74) is 1.63. The zero-order valence-corrected chi connectivity index (χ0v) is 17.0. The Morgan fingerprint density at radius 1 is 1.16 bits per heavy atom. The first-order valence-corrected chi connectivity index (χ1v) is 10.9. The molecule has 2 N–H and O–H groups in total. The lowest BCUT2D eigenvalue weighted by molar-refractivity contribution is -0.119. The number of hydrogen-bond acceptors (Lipinski definition) is 4. The van der Waals surface area contributed by atoms with Crippen molar-refractivity contribution in [2.24, 2.45) is 0 Å². The van der Waals surface area contributed by atoms with E-state index >= 15 is 0 Å². The largest absolute Gasteiger partial charge is 0.355 e. The predicted molar refractivity (Wildman–Crippen MR) is 103 cm³/mol. The van der Waals surface area contributed by atoms with Gasteiger partial charge in [0.25, 0.3) is 0 Å². The molecule has 0 aliphatic carbocycles. The summed E-state index contributed by atoms with van der Waals surface area (Å²) in [6.07, 6.45) is 2.40. The molecule has 0 saturated carbocycles. The first kappa shape index (κ1) is 21.6. The molecule has 0 atom stereocenters. The topological polar surface area (TPSA) is 92.3 Å². The van der Waals surface area contributed by atoms with Gasteiger partial charge in [0.15, 0.2) is 9.84 Å². The Hall–Kier alpha value is -1.41. The Kier molecular flexibility index (Phi) is 9.13. The van der Waals surface area contributed by atoms with E-state index in [2.05, 4.69) is 26.6 Å². The Morgan fingerprint density at radius 2 is 1.88 bits per heavy atom. The normalized spacial score (nSPS) is 11.2. The number of anilines is 1. The smallest absolute Gasteiger partial charge is 0.235 e. The molecule has 2 amide bonds. The summed E-state index contributed by atoms with van der Waals surface area (Å²) in [5, 5.41) is 5.25. The lowest BCUT2D eigenvalue weighted by atomic mass is 10.2. The summed E-state index contributed by atoms with van der Waals surface area (Å²) in [4.78, 5) is 23.6. The third-order valence-electron chi connectivity index (χ3n) is 3.56. The molecule has 0 aliphatic rings. The molecule has 0 aliphatic heterocycles. The lowest BCUT2D eigenvalue weighted by Crippen LogP contribution is -2.33. The molecule has 0 fully saturated rings. The number of sulfone groups is 1. The van der Waals surface area contributed by atoms with Crippen LogP contribution in [0.1, 0.15) is 38.2 Å². The van der Waals surface area contributed by atoms with Gasteiger partial charge in [-0.2, -0.15) is 0 Å². The van der Waals surface area contributed by atoms with E-state index in [1.807, 2.05) is 26.0 Å². The molecule has 8 heteroatoms. The molecule has 0 saturated heterocycles. The van der Waals surface area contributed by atoms with Crippen LogP contribution in [0.3, 0.4) is 0 Å². The zero-order valence-electron chi connectivity index (χ0n) is 14.6. The number of benzene rings is 1. The van der Waals surface area contributed by atoms with Crippen molar-refractivity contribution in [1.82, 2.24) is 5.32 Å². The average Bonchev–Trinajstić information content (AvgIpc) is 2.50. The van der Waals surface area contributed by atoms with E-state index in [-0.39, 0.29) is 24.6 Å². The Morgan fingerprint density at radius 3 is 2.56 bits per heavy atom. The minimum atomic E-state index is -3.38. The van der Waals surface area contributed by atoms with E-state index in [9.17, 15) is 18.0 Å². The molecule has 0 spiro atoms. The molecule has 1 rings (SSSR count). The van der Waals surface area contributed by atoms with Crippen molar-refractivity contribution < 1.29 is 18.0 Å². The summed E-state index contributed by atoms with van der Waals surface area (Å²) in [6.45, 7) is 3.97. The molecule has 1 aromatic carbocycles. The Labute approximate surface area is 157 Å². The maximum Gasteiger partial charge on any atom is 0.235 e. The highest BCUT2D eigenvalue weighted by Crippen LogP contribution is 2.20. The number of rotatable bonds is 10. The van der Waals surface area contributed by atoms with Crippen LogP contribution in [0.15, 0.2) is 22.7 Å². The van der Waals surface area contributed by atoms with Crippen molar-refractivity contribution in [1.29, 1.82) is 0 Å². The minimum Gasteiger partial charge on any atom is -0.355 e. The van der Waals surface area contributed by atoms with Crippen LogP contribution in [-0.4, -0.2) is 38.3 Å². The second kappa shape index (κ2) is 10.6. The van der Waals surface area contributed by atoms with Crippen molar-refractivity contribution in [3.8, 4) is 0 Å². The van der Waals surface area contributed by atoms with Gasteiger partial charge < -0.3 is 10.6 Å². The number of hydrogen-bond donors (Lipinski definition) is 2. The second-order valence-electron chi connectivity index (χ2n) is 5.91. The van der Waals surface area contributed by atoms with Crippen LogP contribution in [0.4, 0.5) is 5.69 Å². The molecule has 6 nitrogen and oxygen atoms in total. The van der Waals surface area contributed by atoms with Crippen LogP contribution in [0.5, 0.6) is 0 Å². The maximum absolute atomic E-state index is 11.9. The zero-order chi connectivity index (χ0) is 18.9. The van der Waals surface area contributed by atoms with Crippen molar-refractivity contribution in [2.45, 2.75) is 39.5 Å². The number of unbranched alkanes of at least 4 members (excludes halogenated alkanes) is 2. The van der Waals surface area contributed by atoms with Crippen LogP contribution >= 0.6 is 15.9 Å². The van der Waals surface area contributed by atoms with Crippen LogP contribution in [0.2, 0.25) is 0 Å². The molecule has 0 unspecified atom stereocenters. The van der Waals surface area contributed by atoms with Crippen molar-refractivity contribution in [2.75, 3.05) is 23.4 Å². The summed E-state index contributed by atoms with van der Waals surface area (Å²) in [7, 11) is -3.38. The molecular weight excluding hydrogens is 408 g/mol. The summed E-state index contributed by atoms with van der Waals surface area (Å²) < 4.78 is 24.4. The molecule has 0 heterocycles. The number of aryl methyl sites for hydroxylation is 1. The van der Waals surface area contributed by atoms with Gasteiger partial charge in [0.1, 0.15) is 5.75 Å². The van der Waals surface area contributed by atoms with Gasteiger partial charge in [-0.25, -0.2) is 8.42 Å². The molecule has 0 radical (unpaired) electrons. The molecule has 25 heavy (non-hydrogen) atoms. The predicted octanol–water partition coefficient (Wildman–Crippen LogP) is 2.81. The number of nitrogens with one attached hydrogen (secondary N) is 2. The van der Waals surface area contributed by atoms with Gasteiger partial charge in [0.2, 0.25) is 11.8 Å². The highest BCUT2D eigenvalue weighted by atomic mass is 79.9. The summed E-state index contributed by atoms with van der Waals surface area (Å²) in [6, 6.07) is 5.56. The van der Waals surface area contributed by atoms with E-state index in [1.165, 1.54) is 0 Å². The SMILES string of the molecule is CCCCCS(=O)(=O)CC(=O)NCCC(=O)Nc1cc(Br)ccc1C. The van der Waals surface area contributed by atoms with E-state index in [0.29, 0.717) is 12.1 Å². The monoisotopic (exact) mass is 432 g/mol. The first-order valence-electron chi connectivity index (χ1n) is 8.26. The van der Waals surface area contributed by atoms with Crippen LogP contribution < -0.4 is 10.6 Å². The third kappa shape index (κ3) is 9.02. The fourth-order valence-corrected chi connectivity index (χ4v) is 3.80. The van der Waals surface area contributed by atoms with Crippen molar-refractivity contribution in [3.63, 3.8) is 0 Å². The van der Waals surface area contributed by atoms with E-state index in [0.717, 1.165) is 22.9 Å². The number of halogens is 1. The van der Waals surface area contributed by atoms with Crippen LogP contribution in [0, 0.1) is 6.92 Å². The third-order valence-corrected chi connectivity index (χ3v) is 5.66. The first-order chi connectivity index (χ1) is 11.7. The molecule has 140 valence electrons. The van der Waals surface area contributed by atoms with Crippen LogP contribution in [-0.2, 0) is 19.4 Å². The van der Waals surface area contributed by atoms with Crippen LogP contribution in [0.25, 0.3) is 0 Å². The highest BCUT2D eigenvalue weighted by molar-refractivity contribution is 9.10. The molecular formula is C17H25BrN2O4S. The standard InChI is InChI=1S/C17H25BrN2O4S/c1-3-4-5-10-25(23,24)12-17(22)19-9-8-16(21)20-15-11-14(18)7-6-13(15)2/h6-7,11H,3-5,8-10,12H2,1-2H3,(H,19,22)(H,20,21). The average molecular weight is 433 g/mol. The van der Waals surface area contributed by atoms with E-state index in [1.54, 1.807) is 6.07 Å². The summed E-state index contributed by atoms with van der Waals surface area (Å²) >= 11 is 3.34. The highest BCUT2D eigenvalue weighted by Gasteiger charge is 2.16. The van der Waals surface area contributed by atoms with Gasteiger partial charge in [-0.3, -0.25) is 9.59 Å². The fourth-order valence-electron chi connectivity index (χ4n) is 2.15. The van der Waals surface area contributed by atoms with Gasteiger partial charge in [0, 0.05) is 23.1 Å². The number of carbonyl (C=O) groups is 2. The van der Waals surface area contributed by atoms with Gasteiger partial charge in [-0.05, 0) is 31.0 Å². The number of amides is 2. The van der Waals surface area contributed by atoms with Crippen molar-refractivity contribution >= 4 is 43.3 Å². The van der Waals surface area contributed by atoms with Gasteiger partial charge in [-0.15, -0.1) is 0 Å². The van der Waals surface area contributed by atoms with E-state index in [4.69, 9.17) is 0 Å². The van der Waals surface area contributed by atoms with Gasteiger partial charge in [0.05, 0.1) is 5.75 Å². The second-order valence-corrected chi connectivity index (χ2v) is 9.01. The number of carbonyl (C=O) groups excluding carboxylic acids is 2. The molecule has 0 aromatic heterocycles.